The topological polar surface area (TPSA) is 32.3 Å². The first-order valence-corrected chi connectivity index (χ1v) is 6.12. The summed E-state index contributed by atoms with van der Waals surface area (Å²) in [4.78, 5) is 13.3. The zero-order valence-corrected chi connectivity index (χ0v) is 10.7. The van der Waals surface area contributed by atoms with Crippen LogP contribution in [0.3, 0.4) is 0 Å². The third kappa shape index (κ3) is 4.33. The Hall–Kier alpha value is -1.04. The molecule has 1 amide bonds. The zero-order chi connectivity index (χ0) is 13.8. The third-order valence-corrected chi connectivity index (χ3v) is 2.96. The van der Waals surface area contributed by atoms with Crippen LogP contribution in [0.5, 0.6) is 0 Å². The molecule has 104 valence electrons. The standard InChI is InChI=1S/C12H19F3N2O/c1-3-16-9(2)8-11(18)17-6-4-10(5-7-17)12(13,14)15/h4,9,16H,3,5-8H2,1-2H3. The van der Waals surface area contributed by atoms with Gasteiger partial charge in [0, 0.05) is 31.1 Å². The molecule has 0 saturated heterocycles. The summed E-state index contributed by atoms with van der Waals surface area (Å²) >= 11 is 0. The second-order valence-corrected chi connectivity index (χ2v) is 4.48. The number of hydrogen-bond acceptors (Lipinski definition) is 2. The Morgan fingerprint density at radius 1 is 1.56 bits per heavy atom. The van der Waals surface area contributed by atoms with E-state index in [4.69, 9.17) is 0 Å². The van der Waals surface area contributed by atoms with Crippen LogP contribution >= 0.6 is 0 Å². The van der Waals surface area contributed by atoms with Crippen molar-refractivity contribution >= 4 is 5.91 Å². The second-order valence-electron chi connectivity index (χ2n) is 4.48. The monoisotopic (exact) mass is 264 g/mol. The number of amides is 1. The van der Waals surface area contributed by atoms with Gasteiger partial charge >= 0.3 is 6.18 Å². The lowest BCUT2D eigenvalue weighted by molar-refractivity contribution is -0.132. The molecule has 1 unspecified atom stereocenters. The van der Waals surface area contributed by atoms with E-state index < -0.39 is 11.7 Å². The summed E-state index contributed by atoms with van der Waals surface area (Å²) in [5.41, 5.74) is -0.522. The predicted octanol–water partition coefficient (Wildman–Crippen LogP) is 2.10. The van der Waals surface area contributed by atoms with Gasteiger partial charge in [0.25, 0.3) is 0 Å². The van der Waals surface area contributed by atoms with Crippen molar-refractivity contribution in [2.75, 3.05) is 19.6 Å². The van der Waals surface area contributed by atoms with Crippen molar-refractivity contribution in [3.05, 3.63) is 11.6 Å². The van der Waals surface area contributed by atoms with E-state index in [9.17, 15) is 18.0 Å². The summed E-state index contributed by atoms with van der Waals surface area (Å²) in [6.45, 7) is 4.82. The minimum atomic E-state index is -4.26. The van der Waals surface area contributed by atoms with E-state index in [2.05, 4.69) is 5.32 Å². The lowest BCUT2D eigenvalue weighted by Crippen LogP contribution is -2.40. The average molecular weight is 264 g/mol. The maximum atomic E-state index is 12.4. The fraction of sp³-hybridized carbons (Fsp3) is 0.750. The number of alkyl halides is 3. The molecule has 0 bridgehead atoms. The van der Waals surface area contributed by atoms with E-state index in [1.165, 1.54) is 4.90 Å². The first-order chi connectivity index (χ1) is 8.34. The number of nitrogens with one attached hydrogen (secondary N) is 1. The lowest BCUT2D eigenvalue weighted by Gasteiger charge is -2.28. The van der Waals surface area contributed by atoms with Gasteiger partial charge in [-0.3, -0.25) is 4.79 Å². The number of halogens is 3. The van der Waals surface area contributed by atoms with Crippen molar-refractivity contribution in [2.24, 2.45) is 0 Å². The Kier molecular flexibility index (Phi) is 5.19. The fourth-order valence-electron chi connectivity index (χ4n) is 1.96. The van der Waals surface area contributed by atoms with Crippen LogP contribution < -0.4 is 5.32 Å². The number of nitrogens with zero attached hydrogens (tertiary/aromatic N) is 1. The molecule has 1 aliphatic rings. The average Bonchev–Trinajstić information content (AvgIpc) is 2.28. The molecule has 0 aromatic carbocycles. The molecular formula is C12H19F3N2O. The van der Waals surface area contributed by atoms with Crippen LogP contribution in [0.2, 0.25) is 0 Å². The van der Waals surface area contributed by atoms with Crippen molar-refractivity contribution in [1.29, 1.82) is 0 Å². The van der Waals surface area contributed by atoms with Crippen LogP contribution in [0.15, 0.2) is 11.6 Å². The van der Waals surface area contributed by atoms with Crippen molar-refractivity contribution in [3.63, 3.8) is 0 Å². The Bertz CT molecular complexity index is 326. The zero-order valence-electron chi connectivity index (χ0n) is 10.7. The number of carbonyl (C=O) groups is 1. The van der Waals surface area contributed by atoms with Crippen LogP contribution in [-0.2, 0) is 4.79 Å². The molecule has 6 heteroatoms. The molecule has 0 radical (unpaired) electrons. The summed E-state index contributed by atoms with van der Waals surface area (Å²) in [5, 5.41) is 3.11. The third-order valence-electron chi connectivity index (χ3n) is 2.96. The molecule has 1 heterocycles. The molecular weight excluding hydrogens is 245 g/mol. The van der Waals surface area contributed by atoms with Gasteiger partial charge in [-0.15, -0.1) is 0 Å². The minimum absolute atomic E-state index is 0.0514. The normalized spacial score (nSPS) is 18.5. The van der Waals surface area contributed by atoms with Crippen LogP contribution in [-0.4, -0.2) is 42.7 Å². The molecule has 1 aliphatic heterocycles. The van der Waals surface area contributed by atoms with Crippen molar-refractivity contribution in [2.45, 2.75) is 38.9 Å². The van der Waals surface area contributed by atoms with Gasteiger partial charge < -0.3 is 10.2 Å². The number of carbonyl (C=O) groups excluding carboxylic acids is 1. The van der Waals surface area contributed by atoms with E-state index in [1.807, 2.05) is 13.8 Å². The van der Waals surface area contributed by atoms with Gasteiger partial charge in [0.05, 0.1) is 0 Å². The van der Waals surface area contributed by atoms with Gasteiger partial charge in [-0.25, -0.2) is 0 Å². The van der Waals surface area contributed by atoms with E-state index in [0.717, 1.165) is 12.6 Å². The Morgan fingerprint density at radius 2 is 2.22 bits per heavy atom. The molecule has 0 saturated carbocycles. The van der Waals surface area contributed by atoms with Gasteiger partial charge in [0.2, 0.25) is 5.91 Å². The molecule has 0 aromatic rings. The molecule has 0 aromatic heterocycles. The minimum Gasteiger partial charge on any atom is -0.339 e. The summed E-state index contributed by atoms with van der Waals surface area (Å²) in [6.07, 6.45) is -2.93. The highest BCUT2D eigenvalue weighted by atomic mass is 19.4. The maximum Gasteiger partial charge on any atom is 0.412 e. The first-order valence-electron chi connectivity index (χ1n) is 6.12. The van der Waals surface area contributed by atoms with Crippen LogP contribution in [0.25, 0.3) is 0 Å². The molecule has 1 N–H and O–H groups in total. The van der Waals surface area contributed by atoms with Gasteiger partial charge in [-0.1, -0.05) is 13.0 Å². The van der Waals surface area contributed by atoms with Crippen LogP contribution in [0.1, 0.15) is 26.7 Å². The SMILES string of the molecule is CCNC(C)CC(=O)N1CC=C(C(F)(F)F)CC1. The van der Waals surface area contributed by atoms with E-state index in [1.54, 1.807) is 0 Å². The maximum absolute atomic E-state index is 12.4. The van der Waals surface area contributed by atoms with Crippen LogP contribution in [0.4, 0.5) is 13.2 Å². The Balaban J connectivity index is 2.47. The molecule has 0 spiro atoms. The second kappa shape index (κ2) is 6.22. The van der Waals surface area contributed by atoms with E-state index in [0.29, 0.717) is 6.42 Å². The highest BCUT2D eigenvalue weighted by Gasteiger charge is 2.35. The van der Waals surface area contributed by atoms with Crippen molar-refractivity contribution in [1.82, 2.24) is 10.2 Å². The van der Waals surface area contributed by atoms with Crippen LogP contribution in [0, 0.1) is 0 Å². The summed E-state index contributed by atoms with van der Waals surface area (Å²) in [5.74, 6) is -0.0964. The van der Waals surface area contributed by atoms with Crippen molar-refractivity contribution < 1.29 is 18.0 Å². The molecule has 18 heavy (non-hydrogen) atoms. The Labute approximate surface area is 105 Å². The first kappa shape index (κ1) is 15.0. The Morgan fingerprint density at radius 3 is 2.67 bits per heavy atom. The predicted molar refractivity (Wildman–Crippen MR) is 63.1 cm³/mol. The smallest absolute Gasteiger partial charge is 0.339 e. The van der Waals surface area contributed by atoms with Gasteiger partial charge in [-0.05, 0) is 19.9 Å². The molecule has 0 aliphatic carbocycles. The summed E-state index contributed by atoms with van der Waals surface area (Å²) in [6, 6.07) is 0.0514. The van der Waals surface area contributed by atoms with Gasteiger partial charge in [0.15, 0.2) is 0 Å². The molecule has 1 rings (SSSR count). The number of hydrogen-bond donors (Lipinski definition) is 1. The highest BCUT2D eigenvalue weighted by molar-refractivity contribution is 5.77. The van der Waals surface area contributed by atoms with E-state index in [-0.39, 0.29) is 31.5 Å². The molecule has 0 fully saturated rings. The summed E-state index contributed by atoms with van der Waals surface area (Å²) < 4.78 is 37.2. The van der Waals surface area contributed by atoms with Gasteiger partial charge in [-0.2, -0.15) is 13.2 Å². The fourth-order valence-corrected chi connectivity index (χ4v) is 1.96. The highest BCUT2D eigenvalue weighted by Crippen LogP contribution is 2.30. The van der Waals surface area contributed by atoms with E-state index >= 15 is 0 Å². The molecule has 1 atom stereocenters. The summed E-state index contributed by atoms with van der Waals surface area (Å²) in [7, 11) is 0. The number of rotatable bonds is 4. The largest absolute Gasteiger partial charge is 0.412 e. The molecule has 3 nitrogen and oxygen atoms in total. The lowest BCUT2D eigenvalue weighted by atomic mass is 10.1. The quantitative estimate of drug-likeness (QED) is 0.789. The van der Waals surface area contributed by atoms with Crippen molar-refractivity contribution in [3.8, 4) is 0 Å². The van der Waals surface area contributed by atoms with Gasteiger partial charge in [0.1, 0.15) is 0 Å².